The Kier molecular flexibility index (Phi) is 73.0. The number of aromatic nitrogens is 6. The van der Waals surface area contributed by atoms with Gasteiger partial charge in [-0.1, -0.05) is 154 Å². The number of carbonyl (C=O) groups excluding carboxylic acids is 2. The predicted octanol–water partition coefficient (Wildman–Crippen LogP) is 13.0. The second-order valence-corrected chi connectivity index (χ2v) is 27.5. The molecule has 0 saturated heterocycles. The van der Waals surface area contributed by atoms with Crippen molar-refractivity contribution >= 4 is 23.7 Å². The lowest BCUT2D eigenvalue weighted by Crippen LogP contribution is -2.35. The molecule has 0 bridgehead atoms. The van der Waals surface area contributed by atoms with E-state index in [4.69, 9.17) is 37.9 Å². The number of amides is 3. The zero-order chi connectivity index (χ0) is 82.9. The van der Waals surface area contributed by atoms with E-state index in [1.54, 1.807) is 61.3 Å². The monoisotopic (exact) mass is 1610 g/mol. The summed E-state index contributed by atoms with van der Waals surface area (Å²) in [7, 11) is 0. The molecule has 114 heavy (non-hydrogen) atoms. The zero-order valence-electron chi connectivity index (χ0n) is 69.4. The van der Waals surface area contributed by atoms with Crippen LogP contribution in [0.15, 0.2) is 177 Å². The quantitative estimate of drug-likeness (QED) is 0.0160. The Morgan fingerprint density at radius 1 is 0.360 bits per heavy atom. The average molecular weight is 1610 g/mol. The molecule has 9 N–H and O–H groups in total. The summed E-state index contributed by atoms with van der Waals surface area (Å²) in [5, 5.41) is 59.5. The van der Waals surface area contributed by atoms with Crippen molar-refractivity contribution < 1.29 is 73.0 Å². The number of ether oxygens (including phenoxy) is 8. The number of pyridine rings is 6. The highest BCUT2D eigenvalue weighted by Crippen LogP contribution is 2.13. The molecule has 26 heteroatoms. The van der Waals surface area contributed by atoms with Gasteiger partial charge >= 0.3 is 6.03 Å². The third-order valence-corrected chi connectivity index (χ3v) is 16.6. The molecule has 0 spiro atoms. The van der Waals surface area contributed by atoms with Gasteiger partial charge in [-0.2, -0.15) is 11.8 Å². The number of aliphatic hydroxyl groups excluding tert-OH is 5. The van der Waals surface area contributed by atoms with Crippen LogP contribution in [0.4, 0.5) is 4.79 Å². The predicted molar refractivity (Wildman–Crippen MR) is 454 cm³/mol. The Balaban J connectivity index is 0.000000666. The van der Waals surface area contributed by atoms with E-state index in [1.807, 2.05) is 128 Å². The van der Waals surface area contributed by atoms with Crippen LogP contribution in [-0.4, -0.2) is 209 Å². The Hall–Kier alpha value is -7.35. The summed E-state index contributed by atoms with van der Waals surface area (Å²) in [6, 6.07) is 36.5. The van der Waals surface area contributed by atoms with Crippen molar-refractivity contribution in [3.8, 4) is 0 Å². The maximum absolute atomic E-state index is 11.4. The third kappa shape index (κ3) is 69.0. The smallest absolute Gasteiger partial charge is 0.315 e. The maximum Gasteiger partial charge on any atom is 0.315 e. The standard InChI is InChI=1S/C14H22O3.C13H22N2O2.2C13H21NO3.C13H21NO2S.C11H17N3O.C11H16N2O/c1-2-3-9-16-11-14(15)12-17-10-13-7-5-4-6-8-13;1-2-3-7-17-11-13(16)10-15-9-12-5-4-6-14-8-12;1-2-3-8-16-10-13(15)11-17-9-12-6-4-5-7-14-12;1-2-3-7-16-10-13(15)11-17-9-12-5-4-6-14-8-12;1-2-3-7-16-9-13(15)11-17-10-12-5-4-6-14-8-12;1-2-3-7-13-11(15)14-9-10-6-4-5-8-12-10;1-2-3-6-13-11(14)9-10-4-7-12-8-5-10/h4-8,14-15H,2-3,9-12H2,1H3;4-6,8,13,15-16H,2-3,7,9-11H2,1H3;4-7,13,15H,2-3,8-11H2,1H3;2*4-6,8,13,15H,2-3,7,9-11H2,1H3;4-6,8H,2-3,7,9H2,1H3,(H2,13,14,15);4-5,7-8H,2-3,6,9H2,1H3,(H,13,14). The lowest BCUT2D eigenvalue weighted by molar-refractivity contribution is -0.120. The van der Waals surface area contributed by atoms with E-state index in [-0.39, 0.29) is 24.6 Å². The maximum atomic E-state index is 11.4. The lowest BCUT2D eigenvalue weighted by Gasteiger charge is -2.12. The van der Waals surface area contributed by atoms with Crippen molar-refractivity contribution in [3.63, 3.8) is 0 Å². The first-order chi connectivity index (χ1) is 55.8. The van der Waals surface area contributed by atoms with Crippen LogP contribution in [-0.2, 0) is 87.8 Å². The Labute approximate surface area is 686 Å². The largest absolute Gasteiger partial charge is 0.390 e. The number of hydrogen-bond donors (Lipinski definition) is 9. The average Bonchev–Trinajstić information content (AvgIpc) is 0.769. The molecule has 3 amide bonds. The highest BCUT2D eigenvalue weighted by molar-refractivity contribution is 7.98. The SMILES string of the molecule is CCCCNC(=O)Cc1ccncc1.CCCCNC(=O)NCc1ccccn1.CCCCOCC(O)CNCc1cccnc1.CCCCOCC(O)COCc1ccccc1.CCCCOCC(O)COCc1ccccn1.CCCCOCC(O)COCc1cccnc1.CCCCOCC(O)CSCc1cccnc1. The van der Waals surface area contributed by atoms with Gasteiger partial charge in [0.25, 0.3) is 0 Å². The second kappa shape index (κ2) is 79.5. The molecule has 6 aromatic heterocycles. The van der Waals surface area contributed by atoms with Crippen LogP contribution in [0.2, 0.25) is 0 Å². The summed E-state index contributed by atoms with van der Waals surface area (Å²) >= 11 is 1.71. The highest BCUT2D eigenvalue weighted by Gasteiger charge is 2.10. The summed E-state index contributed by atoms with van der Waals surface area (Å²) in [6.07, 6.45) is 30.5. The fourth-order valence-electron chi connectivity index (χ4n) is 9.00. The number of rotatable bonds is 55. The molecule has 0 fully saturated rings. The van der Waals surface area contributed by atoms with Crippen LogP contribution >= 0.6 is 11.8 Å². The van der Waals surface area contributed by atoms with Gasteiger partial charge in [0, 0.05) is 133 Å². The summed E-state index contributed by atoms with van der Waals surface area (Å²) in [4.78, 5) is 46.8. The minimum Gasteiger partial charge on any atom is -0.390 e. The number of benzene rings is 1. The Morgan fingerprint density at radius 3 is 1.24 bits per heavy atom. The molecule has 0 aliphatic heterocycles. The molecular weight excluding hydrogens is 1470 g/mol. The molecule has 7 rings (SSSR count). The molecule has 5 unspecified atom stereocenters. The number of hydrogen-bond acceptors (Lipinski definition) is 23. The fraction of sp³-hybridized carbons (Fsp3) is 0.568. The molecule has 5 atom stereocenters. The van der Waals surface area contributed by atoms with Crippen LogP contribution in [0.5, 0.6) is 0 Å². The molecule has 0 aliphatic carbocycles. The van der Waals surface area contributed by atoms with Gasteiger partial charge in [0.15, 0.2) is 0 Å². The van der Waals surface area contributed by atoms with Gasteiger partial charge < -0.3 is 84.7 Å². The van der Waals surface area contributed by atoms with E-state index >= 15 is 0 Å². The number of aliphatic hydroxyl groups is 5. The van der Waals surface area contributed by atoms with E-state index in [0.717, 1.165) is 162 Å². The van der Waals surface area contributed by atoms with Crippen molar-refractivity contribution in [2.45, 2.75) is 214 Å². The van der Waals surface area contributed by atoms with Gasteiger partial charge in [0.05, 0.1) is 109 Å². The molecule has 6 heterocycles. The first kappa shape index (κ1) is 105. The van der Waals surface area contributed by atoms with Crippen molar-refractivity contribution in [3.05, 3.63) is 216 Å². The summed E-state index contributed by atoms with van der Waals surface area (Å²) in [5.74, 6) is 1.69. The van der Waals surface area contributed by atoms with Crippen molar-refractivity contribution in [1.29, 1.82) is 0 Å². The van der Waals surface area contributed by atoms with E-state index in [1.165, 1.54) is 5.56 Å². The van der Waals surface area contributed by atoms with E-state index in [0.29, 0.717) is 111 Å². The van der Waals surface area contributed by atoms with Gasteiger partial charge in [0.1, 0.15) is 18.3 Å². The van der Waals surface area contributed by atoms with Gasteiger partial charge in [-0.25, -0.2) is 4.79 Å². The van der Waals surface area contributed by atoms with Crippen LogP contribution in [0, 0.1) is 0 Å². The highest BCUT2D eigenvalue weighted by atomic mass is 32.2. The van der Waals surface area contributed by atoms with Crippen molar-refractivity contribution in [2.24, 2.45) is 0 Å². The number of thioether (sulfide) groups is 1. The van der Waals surface area contributed by atoms with Crippen molar-refractivity contribution in [1.82, 2.24) is 51.2 Å². The van der Waals surface area contributed by atoms with Gasteiger partial charge in [0.2, 0.25) is 5.91 Å². The molecule has 0 saturated carbocycles. The topological polar surface area (TPSA) is 335 Å². The molecule has 638 valence electrons. The number of carbonyl (C=O) groups is 2. The van der Waals surface area contributed by atoms with E-state index in [9.17, 15) is 35.1 Å². The first-order valence-electron chi connectivity index (χ1n) is 40.8. The normalized spacial score (nSPS) is 11.9. The summed E-state index contributed by atoms with van der Waals surface area (Å²) in [5.41, 5.74) is 7.17. The van der Waals surface area contributed by atoms with Crippen molar-refractivity contribution in [2.75, 3.05) is 111 Å². The second-order valence-electron chi connectivity index (χ2n) is 26.5. The Morgan fingerprint density at radius 2 is 0.772 bits per heavy atom. The molecule has 1 aromatic carbocycles. The van der Waals surface area contributed by atoms with Crippen LogP contribution in [0.1, 0.15) is 178 Å². The lowest BCUT2D eigenvalue weighted by atomic mass is 10.2. The van der Waals surface area contributed by atoms with Gasteiger partial charge in [-0.15, -0.1) is 0 Å². The minimum atomic E-state index is -0.560. The number of urea groups is 1. The zero-order valence-corrected chi connectivity index (χ0v) is 70.2. The summed E-state index contributed by atoms with van der Waals surface area (Å²) < 4.78 is 42.7. The fourth-order valence-corrected chi connectivity index (χ4v) is 9.89. The number of nitrogens with one attached hydrogen (secondary N) is 4. The van der Waals surface area contributed by atoms with Crippen LogP contribution in [0.25, 0.3) is 0 Å². The molecule has 0 aliphatic rings. The number of unbranched alkanes of at least 4 members (excludes halogenated alkanes) is 7. The molecule has 25 nitrogen and oxygen atoms in total. The molecular formula is C88H140N10O15S. The van der Waals surface area contributed by atoms with Crippen LogP contribution in [0.3, 0.4) is 0 Å². The van der Waals surface area contributed by atoms with E-state index < -0.39 is 24.4 Å². The van der Waals surface area contributed by atoms with Crippen LogP contribution < -0.4 is 21.3 Å². The first-order valence-corrected chi connectivity index (χ1v) is 41.9. The Bertz CT molecular complexity index is 2790. The minimum absolute atomic E-state index is 0.0876. The molecule has 7 aromatic rings. The van der Waals surface area contributed by atoms with Gasteiger partial charge in [-0.3, -0.25) is 34.7 Å². The van der Waals surface area contributed by atoms with Gasteiger partial charge in [-0.05, 0) is 127 Å². The number of nitrogens with zero attached hydrogens (tertiary/aromatic N) is 6. The molecule has 0 radical (unpaired) electrons. The third-order valence-electron chi connectivity index (χ3n) is 15.4. The summed E-state index contributed by atoms with van der Waals surface area (Å²) in [6.45, 7) is 25.8. The van der Waals surface area contributed by atoms with E-state index in [2.05, 4.69) is 99.6 Å².